The van der Waals surface area contributed by atoms with Crippen molar-refractivity contribution in [2.75, 3.05) is 25.9 Å². The lowest BCUT2D eigenvalue weighted by Gasteiger charge is -2.33. The van der Waals surface area contributed by atoms with E-state index in [2.05, 4.69) is 9.97 Å². The molecule has 3 N–H and O–H groups in total. The van der Waals surface area contributed by atoms with Crippen LogP contribution in [0.25, 0.3) is 10.9 Å². The number of H-pyrrole nitrogens is 1. The summed E-state index contributed by atoms with van der Waals surface area (Å²) in [6.07, 6.45) is 1.52. The Bertz CT molecular complexity index is 1860. The van der Waals surface area contributed by atoms with Gasteiger partial charge < -0.3 is 25.1 Å². The number of ether oxygens (including phenoxy) is 2. The van der Waals surface area contributed by atoms with Gasteiger partial charge in [-0.25, -0.2) is 14.2 Å². The van der Waals surface area contributed by atoms with E-state index in [4.69, 9.17) is 42.6 Å². The molecule has 15 heteroatoms. The lowest BCUT2D eigenvalue weighted by atomic mass is 10.1. The maximum atomic E-state index is 12.7. The first kappa shape index (κ1) is 38.5. The minimum atomic E-state index is -3.78. The Hall–Kier alpha value is -3.91. The number of benzene rings is 3. The highest BCUT2D eigenvalue weighted by atomic mass is 35.5. The first-order valence-electron chi connectivity index (χ1n) is 14.8. The van der Waals surface area contributed by atoms with Gasteiger partial charge in [0.1, 0.15) is 11.4 Å². The number of halogens is 3. The van der Waals surface area contributed by atoms with Crippen LogP contribution in [0.2, 0.25) is 10.0 Å². The average molecular weight is 726 g/mol. The number of hydrogen-bond acceptors (Lipinski definition) is 9. The summed E-state index contributed by atoms with van der Waals surface area (Å²) in [5, 5.41) is 0.640. The highest BCUT2D eigenvalue weighted by Crippen LogP contribution is 2.28. The Morgan fingerprint density at radius 2 is 1.69 bits per heavy atom. The van der Waals surface area contributed by atoms with E-state index in [9.17, 15) is 22.4 Å². The minimum absolute atomic E-state index is 0.00870. The van der Waals surface area contributed by atoms with Gasteiger partial charge in [-0.2, -0.15) is 8.42 Å². The van der Waals surface area contributed by atoms with Crippen LogP contribution in [0.15, 0.2) is 64.5 Å². The molecule has 0 atom stereocenters. The smallest absolute Gasteiger partial charge is 0.410 e. The number of aryl methyl sites for hydroxylation is 2. The van der Waals surface area contributed by atoms with Crippen LogP contribution < -0.4 is 16.0 Å². The molecule has 3 aromatic carbocycles. The summed E-state index contributed by atoms with van der Waals surface area (Å²) in [5.74, 6) is 0.0877. The van der Waals surface area contributed by atoms with E-state index in [0.717, 1.165) is 16.9 Å². The number of nitrogens with zero attached hydrogens (tertiary/aromatic N) is 2. The van der Waals surface area contributed by atoms with Crippen LogP contribution in [0.5, 0.6) is 5.75 Å². The van der Waals surface area contributed by atoms with Crippen molar-refractivity contribution < 1.29 is 31.3 Å². The number of nitrogen functional groups attached to an aromatic ring is 1. The van der Waals surface area contributed by atoms with Crippen molar-refractivity contribution in [2.24, 2.45) is 0 Å². The van der Waals surface area contributed by atoms with Gasteiger partial charge in [0.05, 0.1) is 51.1 Å². The molecule has 1 saturated heterocycles. The van der Waals surface area contributed by atoms with Crippen LogP contribution in [-0.2, 0) is 19.0 Å². The Kier molecular flexibility index (Phi) is 13.2. The molecule has 1 aromatic heterocycles. The molecular formula is C33H39Cl2FN4O7S. The summed E-state index contributed by atoms with van der Waals surface area (Å²) < 4.78 is 53.0. The topological polar surface area (TPSA) is 154 Å². The molecular weight excluding hydrogens is 686 g/mol. The second-order valence-electron chi connectivity index (χ2n) is 11.9. The maximum absolute atomic E-state index is 12.7. The van der Waals surface area contributed by atoms with Gasteiger partial charge in [0, 0.05) is 19.2 Å². The molecule has 5 rings (SSSR count). The first-order chi connectivity index (χ1) is 22.4. The van der Waals surface area contributed by atoms with Crippen molar-refractivity contribution in [3.63, 3.8) is 0 Å². The Balaban J connectivity index is 0.000000218. The molecule has 260 valence electrons. The van der Waals surface area contributed by atoms with Crippen LogP contribution >= 0.6 is 23.2 Å². The number of aromatic amines is 1. The van der Waals surface area contributed by atoms with E-state index in [1.54, 1.807) is 48.4 Å². The molecule has 0 spiro atoms. The summed E-state index contributed by atoms with van der Waals surface area (Å²) in [7, 11) is -2.18. The maximum Gasteiger partial charge on any atom is 0.410 e. The van der Waals surface area contributed by atoms with Crippen molar-refractivity contribution >= 4 is 56.0 Å². The van der Waals surface area contributed by atoms with Crippen molar-refractivity contribution in [3.05, 3.63) is 92.2 Å². The number of methoxy groups -OCH3 is 1. The second-order valence-corrected chi connectivity index (χ2v) is 14.2. The number of nitrogens with two attached hydrogens (primary N) is 1. The summed E-state index contributed by atoms with van der Waals surface area (Å²) in [5.41, 5.74) is 7.08. The third-order valence-electron chi connectivity index (χ3n) is 6.89. The van der Waals surface area contributed by atoms with E-state index in [-0.39, 0.29) is 32.3 Å². The van der Waals surface area contributed by atoms with Crippen molar-refractivity contribution in [1.29, 1.82) is 0 Å². The Labute approximate surface area is 289 Å². The number of aromatic nitrogens is 2. The first-order valence-corrected chi connectivity index (χ1v) is 17.0. The fraction of sp³-hybridized carbons (Fsp3) is 0.364. The number of nitrogens with one attached hydrogen (secondary N) is 1. The second kappa shape index (κ2) is 16.5. The van der Waals surface area contributed by atoms with E-state index in [1.165, 1.54) is 18.5 Å². The molecule has 0 bridgehead atoms. The largest absolute Gasteiger partial charge is 0.496 e. The number of amides is 1. The molecule has 0 radical (unpaired) electrons. The molecule has 4 aromatic rings. The van der Waals surface area contributed by atoms with Crippen molar-refractivity contribution in [1.82, 2.24) is 14.9 Å². The number of rotatable bonds is 4. The van der Waals surface area contributed by atoms with Crippen molar-refractivity contribution in [2.45, 2.75) is 64.1 Å². The highest BCUT2D eigenvalue weighted by molar-refractivity contribution is 7.86. The number of carbonyl (C=O) groups is 1. The predicted molar refractivity (Wildman–Crippen MR) is 185 cm³/mol. The Morgan fingerprint density at radius 1 is 1.06 bits per heavy atom. The van der Waals surface area contributed by atoms with E-state index in [1.807, 2.05) is 34.6 Å². The number of likely N-dealkylation sites (tertiary alicyclic amines) is 1. The van der Waals surface area contributed by atoms with Gasteiger partial charge >= 0.3 is 6.09 Å². The lowest BCUT2D eigenvalue weighted by Crippen LogP contribution is -2.43. The van der Waals surface area contributed by atoms with Crippen LogP contribution in [-0.4, -0.2) is 61.3 Å². The zero-order valence-electron chi connectivity index (χ0n) is 27.5. The van der Waals surface area contributed by atoms with Gasteiger partial charge in [0.15, 0.2) is 5.82 Å². The minimum Gasteiger partial charge on any atom is -0.496 e. The number of hydrogen-bond donors (Lipinski definition) is 2. The van der Waals surface area contributed by atoms with Gasteiger partial charge in [-0.1, -0.05) is 40.9 Å². The summed E-state index contributed by atoms with van der Waals surface area (Å²) in [4.78, 5) is 31.7. The van der Waals surface area contributed by atoms with Crippen LogP contribution in [0, 0.1) is 19.7 Å². The summed E-state index contributed by atoms with van der Waals surface area (Å²) >= 11 is 10.9. The number of fused-ring (bicyclic) bond motifs is 1. The molecule has 0 saturated carbocycles. The van der Waals surface area contributed by atoms with Gasteiger partial charge in [-0.05, 0) is 83.4 Å². The Morgan fingerprint density at radius 3 is 2.25 bits per heavy atom. The summed E-state index contributed by atoms with van der Waals surface area (Å²) in [6, 6.07) is 12.9. The average Bonchev–Trinajstić information content (AvgIpc) is 3.02. The number of carbonyl (C=O) groups excluding carboxylic acids is 1. The normalized spacial score (nSPS) is 13.6. The molecule has 0 aliphatic carbocycles. The monoisotopic (exact) mass is 724 g/mol. The molecule has 0 unspecified atom stereocenters. The van der Waals surface area contributed by atoms with Crippen molar-refractivity contribution in [3.8, 4) is 5.75 Å². The van der Waals surface area contributed by atoms with Gasteiger partial charge in [0.25, 0.3) is 15.7 Å². The van der Waals surface area contributed by atoms with Gasteiger partial charge in [-0.15, -0.1) is 0 Å². The molecule has 1 amide bonds. The number of piperidine rings is 1. The van der Waals surface area contributed by atoms with Gasteiger partial charge in [0.2, 0.25) is 0 Å². The molecule has 2 heterocycles. The fourth-order valence-electron chi connectivity index (χ4n) is 4.37. The van der Waals surface area contributed by atoms with Crippen LogP contribution in [0.4, 0.5) is 14.9 Å². The molecule has 1 aliphatic heterocycles. The highest BCUT2D eigenvalue weighted by Gasteiger charge is 2.30. The lowest BCUT2D eigenvalue weighted by molar-refractivity contribution is 0.0133. The van der Waals surface area contributed by atoms with Gasteiger partial charge in [-0.3, -0.25) is 8.98 Å². The fourth-order valence-corrected chi connectivity index (χ4v) is 5.82. The number of anilines is 1. The molecule has 11 nitrogen and oxygen atoms in total. The van der Waals surface area contributed by atoms with Crippen LogP contribution in [0.3, 0.4) is 0 Å². The zero-order chi connectivity index (χ0) is 35.8. The standard InChI is InChI=1S/C17H25NO5S.C10H10N2O2.C6H4Cl2FN/c1-13-5-7-15(8-6-13)24(20,21)23-14-9-11-18(12-10-14)16(19)22-17(2,3)4;1-6-3-7-8(4-9(6)14-2)11-5-12-10(7)13;7-3-1-2-4(10)6(9)5(3)8/h5-8,14H,9-12H2,1-4H3;3-5H,1-2H3,(H,11,12,13);1-2H,10H2. The third-order valence-corrected chi connectivity index (χ3v) is 9.04. The SMILES string of the molecule is COc1cc2nc[nH]c(=O)c2cc1C.Cc1ccc(S(=O)(=O)OC2CCN(C(=O)OC(C)(C)C)CC2)cc1.Nc1ccc(Cl)c(Cl)c1F. The van der Waals surface area contributed by atoms with E-state index in [0.29, 0.717) is 36.8 Å². The van der Waals surface area contributed by atoms with E-state index < -0.39 is 27.6 Å². The summed E-state index contributed by atoms with van der Waals surface area (Å²) in [6.45, 7) is 10.1. The predicted octanol–water partition coefficient (Wildman–Crippen LogP) is 7.05. The zero-order valence-corrected chi connectivity index (χ0v) is 29.8. The molecule has 1 fully saturated rings. The van der Waals surface area contributed by atoms with Crippen LogP contribution in [0.1, 0.15) is 44.7 Å². The molecule has 48 heavy (non-hydrogen) atoms. The molecule has 1 aliphatic rings. The van der Waals surface area contributed by atoms with E-state index >= 15 is 0 Å². The third kappa shape index (κ3) is 10.8. The quantitative estimate of drug-likeness (QED) is 0.128.